The molecule has 2 N–H and O–H groups in total. The average molecular weight is 410 g/mol. The number of nitrogens with one attached hydrogen (secondary N) is 2. The maximum atomic E-state index is 13.1. The predicted octanol–water partition coefficient (Wildman–Crippen LogP) is 3.86. The first-order chi connectivity index (χ1) is 10.6. The fourth-order valence-corrected chi connectivity index (χ4v) is 2.54. The molecule has 0 radical (unpaired) electrons. The first kappa shape index (κ1) is 15.3. The number of anilines is 1. The molecule has 0 aliphatic heterocycles. The summed E-state index contributed by atoms with van der Waals surface area (Å²) in [5.41, 5.74) is 1.61. The summed E-state index contributed by atoms with van der Waals surface area (Å²) in [5.74, 6) is -0.382. The summed E-state index contributed by atoms with van der Waals surface area (Å²) in [7, 11) is 0. The van der Waals surface area contributed by atoms with Crippen LogP contribution in [0, 0.1) is 9.39 Å². The molecule has 1 fully saturated rings. The molecular weight excluding hydrogens is 394 g/mol. The van der Waals surface area contributed by atoms with Crippen LogP contribution in [0.15, 0.2) is 48.5 Å². The second kappa shape index (κ2) is 6.64. The quantitative estimate of drug-likeness (QED) is 0.736. The normalized spacial score (nSPS) is 15.2. The Bertz CT molecular complexity index is 653. The Morgan fingerprint density at radius 2 is 1.73 bits per heavy atom. The molecule has 2 aromatic carbocycles. The van der Waals surface area contributed by atoms with E-state index in [1.807, 2.05) is 24.3 Å². The van der Waals surface area contributed by atoms with Crippen molar-refractivity contribution in [2.45, 2.75) is 24.9 Å². The van der Waals surface area contributed by atoms with Crippen LogP contribution in [0.2, 0.25) is 0 Å². The van der Waals surface area contributed by atoms with Crippen LogP contribution in [0.5, 0.6) is 0 Å². The van der Waals surface area contributed by atoms with Gasteiger partial charge in [0.25, 0.3) is 0 Å². The second-order valence-corrected chi connectivity index (χ2v) is 6.66. The highest BCUT2D eigenvalue weighted by molar-refractivity contribution is 14.1. The van der Waals surface area contributed by atoms with Gasteiger partial charge in [0.2, 0.25) is 5.91 Å². The molecule has 5 heteroatoms. The van der Waals surface area contributed by atoms with Crippen molar-refractivity contribution in [3.63, 3.8) is 0 Å². The zero-order chi connectivity index (χ0) is 15.5. The van der Waals surface area contributed by atoms with Crippen molar-refractivity contribution in [2.75, 3.05) is 5.32 Å². The molecule has 3 rings (SSSR count). The maximum absolute atomic E-state index is 13.1. The molecule has 114 valence electrons. The zero-order valence-corrected chi connectivity index (χ0v) is 14.0. The average Bonchev–Trinajstić information content (AvgIpc) is 3.31. The van der Waals surface area contributed by atoms with Crippen LogP contribution in [0.1, 0.15) is 24.4 Å². The Morgan fingerprint density at radius 3 is 2.32 bits per heavy atom. The number of benzene rings is 2. The molecule has 1 amide bonds. The van der Waals surface area contributed by atoms with Crippen LogP contribution in [0.3, 0.4) is 0 Å². The van der Waals surface area contributed by atoms with Gasteiger partial charge in [0.15, 0.2) is 0 Å². The molecule has 3 nitrogen and oxygen atoms in total. The van der Waals surface area contributed by atoms with Gasteiger partial charge in [-0.2, -0.15) is 0 Å². The van der Waals surface area contributed by atoms with Gasteiger partial charge in [-0.3, -0.25) is 4.79 Å². The van der Waals surface area contributed by atoms with E-state index in [2.05, 4.69) is 33.2 Å². The number of hydrogen-bond acceptors (Lipinski definition) is 2. The molecule has 0 saturated heterocycles. The Morgan fingerprint density at radius 1 is 1.09 bits per heavy atom. The van der Waals surface area contributed by atoms with Crippen molar-refractivity contribution in [3.05, 3.63) is 63.5 Å². The van der Waals surface area contributed by atoms with Crippen LogP contribution >= 0.6 is 22.6 Å². The molecule has 0 spiro atoms. The van der Waals surface area contributed by atoms with Crippen LogP contribution in [0.4, 0.5) is 10.1 Å². The highest BCUT2D eigenvalue weighted by atomic mass is 127. The molecule has 22 heavy (non-hydrogen) atoms. The van der Waals surface area contributed by atoms with Crippen molar-refractivity contribution in [3.8, 4) is 0 Å². The first-order valence-electron chi connectivity index (χ1n) is 7.20. The number of carbonyl (C=O) groups is 1. The largest absolute Gasteiger partial charge is 0.370 e. The van der Waals surface area contributed by atoms with Crippen LogP contribution in [-0.4, -0.2) is 11.9 Å². The molecule has 0 heterocycles. The molecule has 0 bridgehead atoms. The molecule has 1 atom stereocenters. The monoisotopic (exact) mass is 410 g/mol. The van der Waals surface area contributed by atoms with Gasteiger partial charge in [0, 0.05) is 15.3 Å². The van der Waals surface area contributed by atoms with E-state index in [1.54, 1.807) is 12.1 Å². The third kappa shape index (κ3) is 3.97. The highest BCUT2D eigenvalue weighted by Crippen LogP contribution is 2.24. The Labute approximate surface area is 142 Å². The molecule has 1 aliphatic carbocycles. The van der Waals surface area contributed by atoms with Crippen LogP contribution < -0.4 is 10.6 Å². The van der Waals surface area contributed by atoms with E-state index in [-0.39, 0.29) is 17.8 Å². The van der Waals surface area contributed by atoms with Crippen molar-refractivity contribution >= 4 is 34.2 Å². The SMILES string of the molecule is O=C(NC1CC1)[C@@H](Nc1ccc(I)cc1)c1ccc(F)cc1. The van der Waals surface area contributed by atoms with E-state index in [0.717, 1.165) is 27.7 Å². The Hall–Kier alpha value is -1.63. The third-order valence-electron chi connectivity index (χ3n) is 3.54. The summed E-state index contributed by atoms with van der Waals surface area (Å²) in [4.78, 5) is 12.5. The first-order valence-corrected chi connectivity index (χ1v) is 8.27. The van der Waals surface area contributed by atoms with Gasteiger partial charge in [0.05, 0.1) is 0 Å². The topological polar surface area (TPSA) is 41.1 Å². The van der Waals surface area contributed by atoms with E-state index in [0.29, 0.717) is 0 Å². The van der Waals surface area contributed by atoms with Gasteiger partial charge >= 0.3 is 0 Å². The van der Waals surface area contributed by atoms with Gasteiger partial charge < -0.3 is 10.6 Å². The molecule has 0 aromatic heterocycles. The van der Waals surface area contributed by atoms with E-state index in [9.17, 15) is 9.18 Å². The predicted molar refractivity (Wildman–Crippen MR) is 93.1 cm³/mol. The van der Waals surface area contributed by atoms with Gasteiger partial charge in [-0.25, -0.2) is 4.39 Å². The molecule has 0 unspecified atom stereocenters. The zero-order valence-electron chi connectivity index (χ0n) is 11.9. The number of halogens is 2. The van der Waals surface area contributed by atoms with Crippen molar-refractivity contribution in [2.24, 2.45) is 0 Å². The molecular formula is C17H16FIN2O. The fraction of sp³-hybridized carbons (Fsp3) is 0.235. The summed E-state index contributed by atoms with van der Waals surface area (Å²) < 4.78 is 14.2. The fourth-order valence-electron chi connectivity index (χ4n) is 2.18. The van der Waals surface area contributed by atoms with Gasteiger partial charge in [-0.05, 0) is 77.4 Å². The Balaban J connectivity index is 1.82. The van der Waals surface area contributed by atoms with Crippen LogP contribution in [-0.2, 0) is 4.79 Å². The minimum atomic E-state index is -0.527. The summed E-state index contributed by atoms with van der Waals surface area (Å²) in [6.07, 6.45) is 2.07. The summed E-state index contributed by atoms with van der Waals surface area (Å²) in [6.45, 7) is 0. The summed E-state index contributed by atoms with van der Waals surface area (Å²) >= 11 is 2.23. The number of carbonyl (C=O) groups excluding carboxylic acids is 1. The minimum absolute atomic E-state index is 0.0762. The van der Waals surface area contributed by atoms with Crippen molar-refractivity contribution in [1.82, 2.24) is 5.32 Å². The third-order valence-corrected chi connectivity index (χ3v) is 4.26. The number of amides is 1. The Kier molecular flexibility index (Phi) is 4.61. The van der Waals surface area contributed by atoms with Gasteiger partial charge in [0.1, 0.15) is 11.9 Å². The van der Waals surface area contributed by atoms with Crippen molar-refractivity contribution in [1.29, 1.82) is 0 Å². The van der Waals surface area contributed by atoms with Gasteiger partial charge in [-0.15, -0.1) is 0 Å². The lowest BCUT2D eigenvalue weighted by Gasteiger charge is -2.20. The lowest BCUT2D eigenvalue weighted by atomic mass is 10.1. The van der Waals surface area contributed by atoms with Crippen LogP contribution in [0.25, 0.3) is 0 Å². The van der Waals surface area contributed by atoms with E-state index in [4.69, 9.17) is 0 Å². The molecule has 1 saturated carbocycles. The van der Waals surface area contributed by atoms with Crippen molar-refractivity contribution < 1.29 is 9.18 Å². The summed E-state index contributed by atoms with van der Waals surface area (Å²) in [5, 5.41) is 6.24. The smallest absolute Gasteiger partial charge is 0.247 e. The number of hydrogen-bond donors (Lipinski definition) is 2. The molecule has 2 aromatic rings. The highest BCUT2D eigenvalue weighted by Gasteiger charge is 2.28. The summed E-state index contributed by atoms with van der Waals surface area (Å²) in [6, 6.07) is 13.6. The minimum Gasteiger partial charge on any atom is -0.370 e. The maximum Gasteiger partial charge on any atom is 0.247 e. The van der Waals surface area contributed by atoms with E-state index >= 15 is 0 Å². The second-order valence-electron chi connectivity index (χ2n) is 5.42. The van der Waals surface area contributed by atoms with E-state index in [1.165, 1.54) is 12.1 Å². The standard InChI is InChI=1S/C17H16FIN2O/c18-12-3-1-11(2-4-12)16(17(22)21-15-9-10-15)20-14-7-5-13(19)6-8-14/h1-8,15-16,20H,9-10H2,(H,21,22)/t16-/m0/s1. The molecule has 1 aliphatic rings. The van der Waals surface area contributed by atoms with Gasteiger partial charge in [-0.1, -0.05) is 12.1 Å². The lowest BCUT2D eigenvalue weighted by molar-refractivity contribution is -0.122. The van der Waals surface area contributed by atoms with E-state index < -0.39 is 6.04 Å². The number of rotatable bonds is 5. The lowest BCUT2D eigenvalue weighted by Crippen LogP contribution is -2.34.